The van der Waals surface area contributed by atoms with E-state index in [0.717, 1.165) is 25.4 Å². The largest absolute Gasteiger partial charge is 0.315 e. The van der Waals surface area contributed by atoms with E-state index in [-0.39, 0.29) is 0 Å². The SMILES string of the molecule is CC1CCn2c(nnc2C2CCN(C(C)C)C2)C1. The molecule has 18 heavy (non-hydrogen) atoms. The average molecular weight is 248 g/mol. The molecule has 1 saturated heterocycles. The van der Waals surface area contributed by atoms with Gasteiger partial charge in [-0.25, -0.2) is 0 Å². The van der Waals surface area contributed by atoms with Gasteiger partial charge in [-0.15, -0.1) is 10.2 Å². The summed E-state index contributed by atoms with van der Waals surface area (Å²) in [6.45, 7) is 10.4. The summed E-state index contributed by atoms with van der Waals surface area (Å²) in [5.41, 5.74) is 0. The van der Waals surface area contributed by atoms with Crippen molar-refractivity contribution in [3.05, 3.63) is 11.6 Å². The quantitative estimate of drug-likeness (QED) is 0.803. The molecule has 0 spiro atoms. The van der Waals surface area contributed by atoms with E-state index in [1.807, 2.05) is 0 Å². The van der Waals surface area contributed by atoms with Crippen molar-refractivity contribution in [2.75, 3.05) is 13.1 Å². The van der Waals surface area contributed by atoms with E-state index < -0.39 is 0 Å². The lowest BCUT2D eigenvalue weighted by atomic mass is 9.99. The first kappa shape index (κ1) is 12.2. The van der Waals surface area contributed by atoms with Crippen LogP contribution in [0.5, 0.6) is 0 Å². The Morgan fingerprint density at radius 3 is 2.72 bits per heavy atom. The van der Waals surface area contributed by atoms with Crippen molar-refractivity contribution in [2.45, 2.75) is 58.5 Å². The Labute approximate surface area is 109 Å². The van der Waals surface area contributed by atoms with Crippen LogP contribution in [0.1, 0.15) is 51.2 Å². The zero-order valence-corrected chi connectivity index (χ0v) is 11.8. The number of likely N-dealkylation sites (tertiary alicyclic amines) is 1. The van der Waals surface area contributed by atoms with Gasteiger partial charge in [0.05, 0.1) is 0 Å². The number of hydrogen-bond acceptors (Lipinski definition) is 3. The van der Waals surface area contributed by atoms with Crippen LogP contribution < -0.4 is 0 Å². The highest BCUT2D eigenvalue weighted by atomic mass is 15.3. The van der Waals surface area contributed by atoms with Gasteiger partial charge < -0.3 is 9.47 Å². The van der Waals surface area contributed by atoms with Crippen molar-refractivity contribution in [3.63, 3.8) is 0 Å². The van der Waals surface area contributed by atoms with E-state index in [1.54, 1.807) is 0 Å². The van der Waals surface area contributed by atoms with Crippen LogP contribution >= 0.6 is 0 Å². The molecule has 0 aromatic carbocycles. The van der Waals surface area contributed by atoms with Gasteiger partial charge in [-0.05, 0) is 39.2 Å². The summed E-state index contributed by atoms with van der Waals surface area (Å²) < 4.78 is 2.40. The molecule has 100 valence electrons. The molecule has 3 rings (SSSR count). The Balaban J connectivity index is 1.78. The minimum atomic E-state index is 0.599. The fraction of sp³-hybridized carbons (Fsp3) is 0.857. The summed E-state index contributed by atoms with van der Waals surface area (Å²) in [5.74, 6) is 3.83. The molecule has 0 saturated carbocycles. The van der Waals surface area contributed by atoms with Gasteiger partial charge >= 0.3 is 0 Å². The van der Waals surface area contributed by atoms with E-state index in [4.69, 9.17) is 0 Å². The van der Waals surface area contributed by atoms with Gasteiger partial charge in [-0.3, -0.25) is 0 Å². The molecule has 2 aliphatic rings. The molecule has 0 N–H and O–H groups in total. The summed E-state index contributed by atoms with van der Waals surface area (Å²) in [4.78, 5) is 2.55. The van der Waals surface area contributed by atoms with Crippen LogP contribution in [0.15, 0.2) is 0 Å². The van der Waals surface area contributed by atoms with E-state index >= 15 is 0 Å². The topological polar surface area (TPSA) is 34.0 Å². The van der Waals surface area contributed by atoms with Crippen molar-refractivity contribution in [1.29, 1.82) is 0 Å². The van der Waals surface area contributed by atoms with Gasteiger partial charge in [0.1, 0.15) is 11.6 Å². The van der Waals surface area contributed by atoms with E-state index in [1.165, 1.54) is 31.0 Å². The fourth-order valence-electron chi connectivity index (χ4n) is 3.28. The molecule has 2 atom stereocenters. The second-order valence-electron chi connectivity index (χ2n) is 6.30. The van der Waals surface area contributed by atoms with Crippen LogP contribution in [0.3, 0.4) is 0 Å². The number of nitrogens with zero attached hydrogens (tertiary/aromatic N) is 4. The molecular formula is C14H24N4. The van der Waals surface area contributed by atoms with Gasteiger partial charge in [-0.1, -0.05) is 6.92 Å². The molecule has 2 unspecified atom stereocenters. The van der Waals surface area contributed by atoms with Crippen LogP contribution in [-0.4, -0.2) is 38.8 Å². The van der Waals surface area contributed by atoms with Gasteiger partial charge in [-0.2, -0.15) is 0 Å². The maximum atomic E-state index is 4.49. The first-order valence-corrected chi connectivity index (χ1v) is 7.31. The molecule has 0 aliphatic carbocycles. The molecule has 2 aliphatic heterocycles. The Morgan fingerprint density at radius 2 is 2.00 bits per heavy atom. The number of hydrogen-bond donors (Lipinski definition) is 0. The molecule has 4 nitrogen and oxygen atoms in total. The zero-order valence-electron chi connectivity index (χ0n) is 11.8. The van der Waals surface area contributed by atoms with Crippen molar-refractivity contribution in [1.82, 2.24) is 19.7 Å². The third kappa shape index (κ3) is 2.07. The molecule has 4 heteroatoms. The highest BCUT2D eigenvalue weighted by Gasteiger charge is 2.31. The maximum absolute atomic E-state index is 4.49. The van der Waals surface area contributed by atoms with Crippen molar-refractivity contribution in [2.24, 2.45) is 5.92 Å². The molecule has 1 aromatic heterocycles. The Kier molecular flexibility index (Phi) is 3.14. The third-order valence-corrected chi connectivity index (χ3v) is 4.55. The van der Waals surface area contributed by atoms with Gasteiger partial charge in [0.2, 0.25) is 0 Å². The molecular weight excluding hydrogens is 224 g/mol. The Morgan fingerprint density at radius 1 is 1.17 bits per heavy atom. The first-order chi connectivity index (χ1) is 8.65. The summed E-state index contributed by atoms with van der Waals surface area (Å²) in [7, 11) is 0. The normalized spacial score (nSPS) is 28.9. The zero-order chi connectivity index (χ0) is 12.7. The average Bonchev–Trinajstić information content (AvgIpc) is 2.92. The molecule has 0 radical (unpaired) electrons. The minimum absolute atomic E-state index is 0.599. The molecule has 3 heterocycles. The Hall–Kier alpha value is -0.900. The van der Waals surface area contributed by atoms with E-state index in [9.17, 15) is 0 Å². The van der Waals surface area contributed by atoms with Gasteiger partial charge in [0, 0.05) is 31.5 Å². The Bertz CT molecular complexity index is 423. The predicted molar refractivity (Wildman–Crippen MR) is 71.6 cm³/mol. The molecule has 1 aromatic rings. The van der Waals surface area contributed by atoms with Crippen molar-refractivity contribution in [3.8, 4) is 0 Å². The molecule has 1 fully saturated rings. The lowest BCUT2D eigenvalue weighted by Crippen LogP contribution is -2.28. The predicted octanol–water partition coefficient (Wildman–Crippen LogP) is 2.06. The van der Waals surface area contributed by atoms with E-state index in [2.05, 4.69) is 40.4 Å². The smallest absolute Gasteiger partial charge is 0.137 e. The summed E-state index contributed by atoms with van der Waals surface area (Å²) >= 11 is 0. The highest BCUT2D eigenvalue weighted by Crippen LogP contribution is 2.30. The first-order valence-electron chi connectivity index (χ1n) is 7.31. The standard InChI is InChI=1S/C14H24N4/c1-10(2)17-6-5-12(9-17)14-16-15-13-8-11(3)4-7-18(13)14/h10-12H,4-9H2,1-3H3. The lowest BCUT2D eigenvalue weighted by molar-refractivity contribution is 0.271. The van der Waals surface area contributed by atoms with E-state index in [0.29, 0.717) is 12.0 Å². The molecule has 0 bridgehead atoms. The number of fused-ring (bicyclic) bond motifs is 1. The second kappa shape index (κ2) is 4.65. The van der Waals surface area contributed by atoms with Gasteiger partial charge in [0.15, 0.2) is 0 Å². The van der Waals surface area contributed by atoms with Crippen LogP contribution in [0.2, 0.25) is 0 Å². The van der Waals surface area contributed by atoms with Crippen LogP contribution in [0.25, 0.3) is 0 Å². The van der Waals surface area contributed by atoms with Crippen molar-refractivity contribution < 1.29 is 0 Å². The summed E-state index contributed by atoms with van der Waals surface area (Å²) in [6, 6.07) is 0.652. The fourth-order valence-corrected chi connectivity index (χ4v) is 3.28. The minimum Gasteiger partial charge on any atom is -0.315 e. The van der Waals surface area contributed by atoms with Gasteiger partial charge in [0.25, 0.3) is 0 Å². The monoisotopic (exact) mass is 248 g/mol. The summed E-state index contributed by atoms with van der Waals surface area (Å²) in [5, 5.41) is 8.91. The van der Waals surface area contributed by atoms with Crippen LogP contribution in [-0.2, 0) is 13.0 Å². The van der Waals surface area contributed by atoms with Crippen LogP contribution in [0, 0.1) is 5.92 Å². The number of aromatic nitrogens is 3. The second-order valence-corrected chi connectivity index (χ2v) is 6.30. The summed E-state index contributed by atoms with van der Waals surface area (Å²) in [6.07, 6.45) is 3.62. The third-order valence-electron chi connectivity index (χ3n) is 4.55. The lowest BCUT2D eigenvalue weighted by Gasteiger charge is -2.23. The van der Waals surface area contributed by atoms with Crippen molar-refractivity contribution >= 4 is 0 Å². The highest BCUT2D eigenvalue weighted by molar-refractivity contribution is 5.08. The van der Waals surface area contributed by atoms with Crippen LogP contribution in [0.4, 0.5) is 0 Å². The number of rotatable bonds is 2. The maximum Gasteiger partial charge on any atom is 0.137 e. The molecule has 0 amide bonds.